The van der Waals surface area contributed by atoms with Crippen molar-refractivity contribution in [3.63, 3.8) is 0 Å². The summed E-state index contributed by atoms with van der Waals surface area (Å²) in [6, 6.07) is 12.0. The number of piperidine rings is 2. The van der Waals surface area contributed by atoms with Gasteiger partial charge in [0.05, 0.1) is 10.7 Å². The zero-order valence-electron chi connectivity index (χ0n) is 27.4. The second-order valence-corrected chi connectivity index (χ2v) is 13.6. The Bertz CT molecular complexity index is 1440. The first-order valence-electron chi connectivity index (χ1n) is 17.2. The molecule has 0 spiro atoms. The van der Waals surface area contributed by atoms with Crippen molar-refractivity contribution in [1.29, 1.82) is 0 Å². The summed E-state index contributed by atoms with van der Waals surface area (Å²) in [5.74, 6) is -0.168. The highest BCUT2D eigenvalue weighted by Crippen LogP contribution is 2.28. The average Bonchev–Trinajstić information content (AvgIpc) is 3.27. The first-order chi connectivity index (χ1) is 22.8. The van der Waals surface area contributed by atoms with Gasteiger partial charge in [-0.1, -0.05) is 42.8 Å². The van der Waals surface area contributed by atoms with Gasteiger partial charge in [-0.25, -0.2) is 9.59 Å². The molecule has 0 aromatic heterocycles. The Labute approximate surface area is 282 Å². The van der Waals surface area contributed by atoms with Crippen LogP contribution in [0.4, 0.5) is 21.0 Å². The number of amides is 4. The number of nitrogens with zero attached hydrogens (tertiary/aromatic N) is 4. The third kappa shape index (κ3) is 7.79. The van der Waals surface area contributed by atoms with Crippen molar-refractivity contribution in [2.24, 2.45) is 0 Å². The molecule has 4 heterocycles. The number of carbonyl (C=O) groups excluding carboxylic acids is 3. The van der Waals surface area contributed by atoms with Crippen LogP contribution in [0.5, 0.6) is 0 Å². The summed E-state index contributed by atoms with van der Waals surface area (Å²) in [5.41, 5.74) is 10.4. The number of fused-ring (bicyclic) bond motifs is 1. The van der Waals surface area contributed by atoms with Crippen molar-refractivity contribution < 1.29 is 19.1 Å². The molecule has 3 fully saturated rings. The molecule has 3 saturated heterocycles. The predicted octanol–water partition coefficient (Wildman–Crippen LogP) is 3.98. The number of nitrogens with one attached hydrogen (secondary N) is 2. The van der Waals surface area contributed by atoms with Crippen molar-refractivity contribution in [3.05, 3.63) is 58.1 Å². The maximum Gasteiger partial charge on any atom is 0.410 e. The Hall–Kier alpha value is -3.54. The minimum atomic E-state index is -0.977. The van der Waals surface area contributed by atoms with Gasteiger partial charge in [0.15, 0.2) is 6.10 Å². The molecule has 1 atom stereocenters. The third-order valence-electron chi connectivity index (χ3n) is 10.3. The number of hydrogen-bond donors (Lipinski definition) is 3. The van der Waals surface area contributed by atoms with Gasteiger partial charge in [-0.15, -0.1) is 0 Å². The Morgan fingerprint density at radius 3 is 2.36 bits per heavy atom. The molecule has 0 radical (unpaired) electrons. The molecule has 254 valence electrons. The van der Waals surface area contributed by atoms with Crippen LogP contribution in [-0.2, 0) is 28.8 Å². The van der Waals surface area contributed by atoms with Crippen LogP contribution in [0.25, 0.3) is 0 Å². The van der Waals surface area contributed by atoms with E-state index in [4.69, 9.17) is 22.1 Å². The van der Waals surface area contributed by atoms with E-state index in [2.05, 4.69) is 15.5 Å². The van der Waals surface area contributed by atoms with E-state index in [0.717, 1.165) is 67.8 Å². The summed E-state index contributed by atoms with van der Waals surface area (Å²) in [7, 11) is 0. The topological polar surface area (TPSA) is 123 Å². The van der Waals surface area contributed by atoms with E-state index in [9.17, 15) is 14.4 Å². The fourth-order valence-corrected chi connectivity index (χ4v) is 7.80. The van der Waals surface area contributed by atoms with Crippen LogP contribution >= 0.6 is 11.6 Å². The number of halogens is 1. The SMILES string of the molecule is CCc1cc(C[C@@H](OC(=O)N2CCC(N3CCc4ccccc4NC3=O)CC2)C(=O)N2CCC(N3CCNCC3)CC2)cc(Cl)c1N. The maximum atomic E-state index is 14.0. The Morgan fingerprint density at radius 2 is 1.64 bits per heavy atom. The fourth-order valence-electron chi connectivity index (χ4n) is 7.54. The lowest BCUT2D eigenvalue weighted by Gasteiger charge is -2.41. The molecule has 0 saturated carbocycles. The van der Waals surface area contributed by atoms with E-state index < -0.39 is 12.2 Å². The molecule has 4 N–H and O–H groups in total. The van der Waals surface area contributed by atoms with Crippen LogP contribution in [0.1, 0.15) is 49.3 Å². The van der Waals surface area contributed by atoms with E-state index in [0.29, 0.717) is 68.7 Å². The van der Waals surface area contributed by atoms with Crippen LogP contribution in [0.15, 0.2) is 36.4 Å². The summed E-state index contributed by atoms with van der Waals surface area (Å²) in [6.07, 6.45) is 3.33. The smallest absolute Gasteiger partial charge is 0.410 e. The Kier molecular flexibility index (Phi) is 10.7. The standard InChI is InChI=1S/C35H48ClN7O4/c1-2-25-21-24(22-29(36)32(25)37)23-31(33(44)41-14-8-27(9-15-41)40-19-12-38-13-20-40)47-35(46)42-16-10-28(11-17-42)43-18-7-26-5-3-4-6-30(26)39-34(43)45/h3-6,21-22,27-28,31,38H,2,7-20,23,37H2,1H3,(H,39,45)/t31-/m1/s1. The van der Waals surface area contributed by atoms with Crippen molar-refractivity contribution in [3.8, 4) is 0 Å². The van der Waals surface area contributed by atoms with Crippen LogP contribution in [0.3, 0.4) is 0 Å². The summed E-state index contributed by atoms with van der Waals surface area (Å²) in [4.78, 5) is 48.7. The zero-order valence-corrected chi connectivity index (χ0v) is 28.1. The molecule has 2 aromatic rings. The van der Waals surface area contributed by atoms with Gasteiger partial charge in [-0.05, 0) is 67.3 Å². The first-order valence-corrected chi connectivity index (χ1v) is 17.6. The number of nitrogen functional groups attached to an aromatic ring is 1. The minimum Gasteiger partial charge on any atom is -0.436 e. The number of ether oxygens (including phenoxy) is 1. The summed E-state index contributed by atoms with van der Waals surface area (Å²) in [6.45, 7) is 8.87. The molecule has 4 aliphatic heterocycles. The van der Waals surface area contributed by atoms with Crippen LogP contribution in [0.2, 0.25) is 5.02 Å². The predicted molar refractivity (Wildman–Crippen MR) is 184 cm³/mol. The average molecular weight is 666 g/mol. The number of hydrogen-bond acceptors (Lipinski definition) is 7. The second kappa shape index (κ2) is 15.1. The number of aryl methyl sites for hydroxylation is 1. The monoisotopic (exact) mass is 665 g/mol. The lowest BCUT2D eigenvalue weighted by atomic mass is 9.99. The van der Waals surface area contributed by atoms with E-state index >= 15 is 0 Å². The van der Waals surface area contributed by atoms with Gasteiger partial charge >= 0.3 is 12.1 Å². The zero-order chi connectivity index (χ0) is 32.9. The van der Waals surface area contributed by atoms with Gasteiger partial charge in [0.2, 0.25) is 0 Å². The molecule has 6 rings (SSSR count). The molecule has 4 aliphatic rings. The number of piperazine rings is 1. The maximum absolute atomic E-state index is 14.0. The second-order valence-electron chi connectivity index (χ2n) is 13.2. The summed E-state index contributed by atoms with van der Waals surface area (Å²) >= 11 is 6.47. The molecule has 4 amide bonds. The number of benzene rings is 2. The van der Waals surface area contributed by atoms with Crippen molar-refractivity contribution in [2.45, 2.75) is 70.1 Å². The Balaban J connectivity index is 1.10. The first kappa shape index (κ1) is 33.4. The Morgan fingerprint density at radius 1 is 0.957 bits per heavy atom. The van der Waals surface area contributed by atoms with Crippen molar-refractivity contribution in [2.75, 3.05) is 70.0 Å². The number of likely N-dealkylation sites (tertiary alicyclic amines) is 2. The lowest BCUT2D eigenvalue weighted by molar-refractivity contribution is -0.142. The van der Waals surface area contributed by atoms with E-state index in [1.807, 2.05) is 47.1 Å². The van der Waals surface area contributed by atoms with Crippen LogP contribution in [0, 0.1) is 0 Å². The van der Waals surface area contributed by atoms with Gasteiger partial charge in [0.1, 0.15) is 0 Å². The number of rotatable bonds is 7. The number of nitrogens with two attached hydrogens (primary N) is 1. The molecule has 0 bridgehead atoms. The van der Waals surface area contributed by atoms with E-state index in [-0.39, 0.29) is 24.4 Å². The number of carbonyl (C=O) groups is 3. The molecule has 47 heavy (non-hydrogen) atoms. The number of urea groups is 1. The van der Waals surface area contributed by atoms with Gasteiger partial charge in [-0.3, -0.25) is 9.69 Å². The molecular formula is C35H48ClN7O4. The fraction of sp³-hybridized carbons (Fsp3) is 0.571. The quantitative estimate of drug-likeness (QED) is 0.383. The van der Waals surface area contributed by atoms with Crippen molar-refractivity contribution in [1.82, 2.24) is 24.9 Å². The van der Waals surface area contributed by atoms with Crippen LogP contribution < -0.4 is 16.4 Å². The minimum absolute atomic E-state index is 0.0205. The normalized spacial score (nSPS) is 20.7. The number of anilines is 2. The highest BCUT2D eigenvalue weighted by molar-refractivity contribution is 6.33. The van der Waals surface area contributed by atoms with Crippen LogP contribution in [-0.4, -0.2) is 115 Å². The molecule has 11 nitrogen and oxygen atoms in total. The third-order valence-corrected chi connectivity index (χ3v) is 10.7. The van der Waals surface area contributed by atoms with Crippen molar-refractivity contribution >= 4 is 41.0 Å². The summed E-state index contributed by atoms with van der Waals surface area (Å²) < 4.78 is 6.07. The van der Waals surface area contributed by atoms with E-state index in [1.165, 1.54) is 0 Å². The van der Waals surface area contributed by atoms with E-state index in [1.54, 1.807) is 11.0 Å². The lowest BCUT2D eigenvalue weighted by Crippen LogP contribution is -2.54. The molecule has 0 unspecified atom stereocenters. The highest BCUT2D eigenvalue weighted by Gasteiger charge is 2.36. The number of para-hydroxylation sites is 1. The van der Waals surface area contributed by atoms with Gasteiger partial charge < -0.3 is 35.8 Å². The van der Waals surface area contributed by atoms with Gasteiger partial charge in [0, 0.05) is 83.1 Å². The molecule has 12 heteroatoms. The molecular weight excluding hydrogens is 618 g/mol. The van der Waals surface area contributed by atoms with Gasteiger partial charge in [-0.2, -0.15) is 0 Å². The highest BCUT2D eigenvalue weighted by atomic mass is 35.5. The summed E-state index contributed by atoms with van der Waals surface area (Å²) in [5, 5.41) is 6.90. The largest absolute Gasteiger partial charge is 0.436 e. The van der Waals surface area contributed by atoms with Gasteiger partial charge in [0.25, 0.3) is 5.91 Å². The molecule has 0 aliphatic carbocycles. The molecule has 2 aromatic carbocycles.